The molecular weight excluding hydrogens is 246 g/mol. The minimum Gasteiger partial charge on any atom is -0.481 e. The first kappa shape index (κ1) is 17.7. The zero-order valence-corrected chi connectivity index (χ0v) is 13.0. The number of amides is 1. The second-order valence-corrected chi connectivity index (χ2v) is 6.93. The van der Waals surface area contributed by atoms with E-state index in [-0.39, 0.29) is 18.4 Å². The average molecular weight is 273 g/mol. The van der Waals surface area contributed by atoms with Gasteiger partial charge >= 0.3 is 12.1 Å². The van der Waals surface area contributed by atoms with E-state index < -0.39 is 23.1 Å². The van der Waals surface area contributed by atoms with Crippen molar-refractivity contribution >= 4 is 12.1 Å². The van der Waals surface area contributed by atoms with Crippen molar-refractivity contribution in [1.82, 2.24) is 5.32 Å². The minimum atomic E-state index is -0.873. The van der Waals surface area contributed by atoms with Crippen LogP contribution in [-0.2, 0) is 9.53 Å². The number of carboxylic acid groups (broad SMARTS) is 1. The van der Waals surface area contributed by atoms with Crippen LogP contribution in [0.15, 0.2) is 0 Å². The highest BCUT2D eigenvalue weighted by molar-refractivity contribution is 5.70. The summed E-state index contributed by atoms with van der Waals surface area (Å²) in [6.45, 7) is 12.9. The van der Waals surface area contributed by atoms with E-state index in [1.165, 1.54) is 0 Å². The van der Waals surface area contributed by atoms with E-state index in [0.717, 1.165) is 0 Å². The summed E-state index contributed by atoms with van der Waals surface area (Å²) in [5.74, 6) is -0.761. The van der Waals surface area contributed by atoms with E-state index in [2.05, 4.69) is 5.32 Å². The molecular formula is C14H27NO4. The van der Waals surface area contributed by atoms with Crippen molar-refractivity contribution in [2.24, 2.45) is 11.3 Å². The van der Waals surface area contributed by atoms with Gasteiger partial charge in [0.2, 0.25) is 0 Å². The molecule has 0 aliphatic carbocycles. The monoisotopic (exact) mass is 273 g/mol. The van der Waals surface area contributed by atoms with Gasteiger partial charge in [0.15, 0.2) is 0 Å². The number of hydrogen-bond acceptors (Lipinski definition) is 3. The average Bonchev–Trinajstić information content (AvgIpc) is 2.08. The fourth-order valence-electron chi connectivity index (χ4n) is 2.20. The second kappa shape index (κ2) is 6.26. The van der Waals surface area contributed by atoms with Gasteiger partial charge in [0, 0.05) is 6.04 Å². The van der Waals surface area contributed by atoms with E-state index in [1.54, 1.807) is 20.8 Å². The number of carbonyl (C=O) groups is 2. The third-order valence-electron chi connectivity index (χ3n) is 2.79. The molecule has 112 valence electrons. The molecule has 0 heterocycles. The van der Waals surface area contributed by atoms with Crippen molar-refractivity contribution in [3.05, 3.63) is 0 Å². The topological polar surface area (TPSA) is 75.6 Å². The molecule has 1 atom stereocenters. The van der Waals surface area contributed by atoms with E-state index in [0.29, 0.717) is 0 Å². The maximum Gasteiger partial charge on any atom is 0.407 e. The van der Waals surface area contributed by atoms with Gasteiger partial charge in [-0.2, -0.15) is 0 Å². The number of hydrogen-bond donors (Lipinski definition) is 2. The molecule has 19 heavy (non-hydrogen) atoms. The lowest BCUT2D eigenvalue weighted by Gasteiger charge is -2.37. The first-order valence-corrected chi connectivity index (χ1v) is 6.56. The Morgan fingerprint density at radius 3 is 1.95 bits per heavy atom. The normalized spacial score (nSPS) is 14.1. The Morgan fingerprint density at radius 2 is 1.63 bits per heavy atom. The summed E-state index contributed by atoms with van der Waals surface area (Å²) in [4.78, 5) is 22.7. The summed E-state index contributed by atoms with van der Waals surface area (Å²) in [5.41, 5.74) is -1.11. The SMILES string of the molecule is CC(C)C(NC(=O)OC(C)(C)C)C(C)(C)CC(=O)O. The van der Waals surface area contributed by atoms with Crippen LogP contribution >= 0.6 is 0 Å². The Balaban J connectivity index is 4.84. The van der Waals surface area contributed by atoms with Gasteiger partial charge < -0.3 is 15.2 Å². The van der Waals surface area contributed by atoms with Crippen LogP contribution in [-0.4, -0.2) is 28.8 Å². The van der Waals surface area contributed by atoms with Crippen molar-refractivity contribution in [3.63, 3.8) is 0 Å². The highest BCUT2D eigenvalue weighted by Gasteiger charge is 2.36. The molecule has 0 aromatic heterocycles. The predicted octanol–water partition coefficient (Wildman–Crippen LogP) is 3.04. The minimum absolute atomic E-state index is 0.00829. The van der Waals surface area contributed by atoms with E-state index in [1.807, 2.05) is 27.7 Å². The lowest BCUT2D eigenvalue weighted by atomic mass is 9.76. The molecule has 0 saturated heterocycles. The van der Waals surface area contributed by atoms with Crippen molar-refractivity contribution in [1.29, 1.82) is 0 Å². The number of ether oxygens (including phenoxy) is 1. The lowest BCUT2D eigenvalue weighted by molar-refractivity contribution is -0.140. The highest BCUT2D eigenvalue weighted by atomic mass is 16.6. The highest BCUT2D eigenvalue weighted by Crippen LogP contribution is 2.30. The third-order valence-corrected chi connectivity index (χ3v) is 2.79. The Kier molecular flexibility index (Phi) is 5.84. The molecule has 0 rings (SSSR count). The maximum absolute atomic E-state index is 11.8. The number of carboxylic acids is 1. The van der Waals surface area contributed by atoms with Gasteiger partial charge in [0.25, 0.3) is 0 Å². The summed E-state index contributed by atoms with van der Waals surface area (Å²) in [6.07, 6.45) is -0.518. The van der Waals surface area contributed by atoms with Gasteiger partial charge in [0.05, 0.1) is 6.42 Å². The zero-order valence-electron chi connectivity index (χ0n) is 13.0. The van der Waals surface area contributed by atoms with Crippen molar-refractivity contribution in [2.75, 3.05) is 0 Å². The molecule has 5 nitrogen and oxygen atoms in total. The first-order chi connectivity index (χ1) is 8.35. The molecule has 0 aliphatic heterocycles. The lowest BCUT2D eigenvalue weighted by Crippen LogP contribution is -2.50. The van der Waals surface area contributed by atoms with Crippen LogP contribution in [0.5, 0.6) is 0 Å². The molecule has 0 radical (unpaired) electrons. The third kappa shape index (κ3) is 7.03. The number of carbonyl (C=O) groups excluding carboxylic acids is 1. The van der Waals surface area contributed by atoms with Crippen molar-refractivity contribution in [3.8, 4) is 0 Å². The van der Waals surface area contributed by atoms with Gasteiger partial charge in [-0.25, -0.2) is 4.79 Å². The Labute approximate surface area is 115 Å². The second-order valence-electron chi connectivity index (χ2n) is 6.93. The number of nitrogens with one attached hydrogen (secondary N) is 1. The fraction of sp³-hybridized carbons (Fsp3) is 0.857. The van der Waals surface area contributed by atoms with Crippen LogP contribution in [0.25, 0.3) is 0 Å². The Bertz CT molecular complexity index is 329. The van der Waals surface area contributed by atoms with Crippen LogP contribution in [0.4, 0.5) is 4.79 Å². The maximum atomic E-state index is 11.8. The van der Waals surface area contributed by atoms with Crippen LogP contribution < -0.4 is 5.32 Å². The molecule has 0 bridgehead atoms. The van der Waals surface area contributed by atoms with Gasteiger partial charge in [-0.3, -0.25) is 4.79 Å². The van der Waals surface area contributed by atoms with Crippen molar-refractivity contribution < 1.29 is 19.4 Å². The van der Waals surface area contributed by atoms with Crippen LogP contribution in [0.3, 0.4) is 0 Å². The Morgan fingerprint density at radius 1 is 1.16 bits per heavy atom. The summed E-state index contributed by atoms with van der Waals surface area (Å²) >= 11 is 0. The van der Waals surface area contributed by atoms with Gasteiger partial charge in [-0.1, -0.05) is 27.7 Å². The molecule has 1 amide bonds. The zero-order chi connectivity index (χ0) is 15.4. The molecule has 2 N–H and O–H groups in total. The van der Waals surface area contributed by atoms with Crippen LogP contribution in [0.1, 0.15) is 54.9 Å². The number of aliphatic carboxylic acids is 1. The smallest absolute Gasteiger partial charge is 0.407 e. The standard InChI is InChI=1S/C14H27NO4/c1-9(2)11(14(6,7)8-10(16)17)15-12(18)19-13(3,4)5/h9,11H,8H2,1-7H3,(H,15,18)(H,16,17). The molecule has 0 aliphatic rings. The largest absolute Gasteiger partial charge is 0.481 e. The number of alkyl carbamates (subject to hydrolysis) is 1. The molecule has 0 spiro atoms. The molecule has 1 unspecified atom stereocenters. The van der Waals surface area contributed by atoms with E-state index in [4.69, 9.17) is 9.84 Å². The van der Waals surface area contributed by atoms with Gasteiger partial charge in [-0.05, 0) is 32.1 Å². The quantitative estimate of drug-likeness (QED) is 0.807. The summed E-state index contributed by atoms with van der Waals surface area (Å²) in [5, 5.41) is 11.8. The molecule has 0 saturated carbocycles. The first-order valence-electron chi connectivity index (χ1n) is 6.56. The molecule has 0 aromatic carbocycles. The summed E-state index contributed by atoms with van der Waals surface area (Å²) in [7, 11) is 0. The van der Waals surface area contributed by atoms with Crippen LogP contribution in [0.2, 0.25) is 0 Å². The summed E-state index contributed by atoms with van der Waals surface area (Å²) in [6, 6.07) is -0.265. The van der Waals surface area contributed by atoms with Crippen molar-refractivity contribution in [2.45, 2.75) is 66.5 Å². The van der Waals surface area contributed by atoms with Crippen LogP contribution in [0, 0.1) is 11.3 Å². The Hall–Kier alpha value is -1.26. The van der Waals surface area contributed by atoms with E-state index in [9.17, 15) is 9.59 Å². The van der Waals surface area contributed by atoms with Gasteiger partial charge in [-0.15, -0.1) is 0 Å². The molecule has 0 fully saturated rings. The molecule has 5 heteroatoms. The summed E-state index contributed by atoms with van der Waals surface area (Å²) < 4.78 is 5.22. The van der Waals surface area contributed by atoms with Gasteiger partial charge in [0.1, 0.15) is 5.60 Å². The number of rotatable bonds is 5. The van der Waals surface area contributed by atoms with E-state index >= 15 is 0 Å². The fourth-order valence-corrected chi connectivity index (χ4v) is 2.20. The predicted molar refractivity (Wildman–Crippen MR) is 74.0 cm³/mol. The molecule has 0 aromatic rings.